The Labute approximate surface area is 211 Å². The van der Waals surface area contributed by atoms with Gasteiger partial charge in [0.2, 0.25) is 0 Å². The summed E-state index contributed by atoms with van der Waals surface area (Å²) in [6.07, 6.45) is 19.5. The molecule has 2 heterocycles. The van der Waals surface area contributed by atoms with Gasteiger partial charge in [-0.15, -0.1) is 0 Å². The molecule has 1 aliphatic carbocycles. The van der Waals surface area contributed by atoms with Gasteiger partial charge in [0.05, 0.1) is 12.7 Å². The first-order valence-electron chi connectivity index (χ1n) is 14.3. The Hall–Kier alpha value is -1.55. The van der Waals surface area contributed by atoms with Gasteiger partial charge in [0.1, 0.15) is 0 Å². The van der Waals surface area contributed by atoms with Crippen molar-refractivity contribution < 1.29 is 13.5 Å². The molecule has 0 amide bonds. The van der Waals surface area contributed by atoms with Gasteiger partial charge in [0.15, 0.2) is 11.6 Å². The van der Waals surface area contributed by atoms with Crippen LogP contribution in [0.3, 0.4) is 0 Å². The van der Waals surface area contributed by atoms with Crippen LogP contribution in [0, 0.1) is 29.4 Å². The molecule has 0 spiro atoms. The van der Waals surface area contributed by atoms with Crippen LogP contribution in [0.15, 0.2) is 28.9 Å². The number of ether oxygens (including phenoxy) is 1. The third kappa shape index (κ3) is 6.24. The number of benzene rings is 1. The molecule has 0 N–H and O–H groups in total. The average Bonchev–Trinajstić information content (AvgIpc) is 2.88. The largest absolute Gasteiger partial charge is 0.377 e. The number of hydrogen-bond acceptors (Lipinski definition) is 2. The molecule has 4 heteroatoms. The molecule has 2 aliphatic heterocycles. The molecule has 194 valence electrons. The average molecular weight is 486 g/mol. The Morgan fingerprint density at radius 3 is 2.40 bits per heavy atom. The fourth-order valence-corrected chi connectivity index (χ4v) is 6.49. The minimum absolute atomic E-state index is 0.311. The fraction of sp³-hybridized carbons (Fsp3) is 0.710. The smallest absolute Gasteiger partial charge is 0.163 e. The lowest BCUT2D eigenvalue weighted by Crippen LogP contribution is -2.35. The van der Waals surface area contributed by atoms with Crippen molar-refractivity contribution >= 4 is 6.21 Å². The van der Waals surface area contributed by atoms with Crippen LogP contribution < -0.4 is 0 Å². The summed E-state index contributed by atoms with van der Waals surface area (Å²) in [4.78, 5) is 4.76. The lowest BCUT2D eigenvalue weighted by atomic mass is 9.75. The van der Waals surface area contributed by atoms with Crippen molar-refractivity contribution in [3.05, 3.63) is 46.7 Å². The van der Waals surface area contributed by atoms with Crippen LogP contribution in [0.1, 0.15) is 109 Å². The van der Waals surface area contributed by atoms with Gasteiger partial charge >= 0.3 is 0 Å². The minimum atomic E-state index is -0.717. The molecule has 1 aromatic carbocycles. The third-order valence-corrected chi connectivity index (χ3v) is 8.89. The zero-order chi connectivity index (χ0) is 24.8. The highest BCUT2D eigenvalue weighted by Crippen LogP contribution is 2.40. The zero-order valence-corrected chi connectivity index (χ0v) is 22.1. The lowest BCUT2D eigenvalue weighted by molar-refractivity contribution is -0.0516. The number of hydrogen-bond donors (Lipinski definition) is 0. The molecule has 3 atom stereocenters. The van der Waals surface area contributed by atoms with E-state index >= 15 is 0 Å². The highest BCUT2D eigenvalue weighted by atomic mass is 19.2. The molecule has 3 aliphatic rings. The minimum Gasteiger partial charge on any atom is -0.377 e. The Morgan fingerprint density at radius 2 is 1.77 bits per heavy atom. The molecule has 0 aromatic heterocycles. The van der Waals surface area contributed by atoms with E-state index in [1.54, 1.807) is 12.1 Å². The monoisotopic (exact) mass is 485 g/mol. The van der Waals surface area contributed by atoms with Crippen LogP contribution in [0.4, 0.5) is 8.78 Å². The van der Waals surface area contributed by atoms with E-state index in [1.807, 2.05) is 20.1 Å². The molecular weight excluding hydrogens is 440 g/mol. The van der Waals surface area contributed by atoms with Crippen molar-refractivity contribution in [2.45, 2.75) is 116 Å². The molecule has 0 bridgehead atoms. The standard InChI is InChI=1S/C31H45F2NO/c1-4-6-7-9-22-10-12-23(13-11-22)28-17-15-25(20-35-28)27-18-19-31(3,21-34-27)26-16-14-24(8-5-2)29(32)30(26)33/h14,16,18,21-23,25,28H,4-13,15,17,19-20H2,1-3H3. The molecule has 1 saturated carbocycles. The Morgan fingerprint density at radius 1 is 0.971 bits per heavy atom. The number of halogens is 2. The number of nitrogens with zero attached hydrogens (tertiary/aromatic N) is 1. The van der Waals surface area contributed by atoms with E-state index in [4.69, 9.17) is 9.73 Å². The Kier molecular flexibility index (Phi) is 9.18. The summed E-state index contributed by atoms with van der Waals surface area (Å²) in [5.41, 5.74) is 1.30. The van der Waals surface area contributed by atoms with Gasteiger partial charge < -0.3 is 4.74 Å². The second-order valence-corrected chi connectivity index (χ2v) is 11.6. The summed E-state index contributed by atoms with van der Waals surface area (Å²) in [5, 5.41) is 0. The van der Waals surface area contributed by atoms with Gasteiger partial charge in [-0.1, -0.05) is 83.9 Å². The summed E-state index contributed by atoms with van der Waals surface area (Å²) in [6.45, 7) is 6.94. The van der Waals surface area contributed by atoms with Crippen molar-refractivity contribution in [2.24, 2.45) is 22.7 Å². The molecule has 1 saturated heterocycles. The van der Waals surface area contributed by atoms with Crippen LogP contribution in [0.2, 0.25) is 0 Å². The first-order chi connectivity index (χ1) is 16.9. The van der Waals surface area contributed by atoms with Crippen molar-refractivity contribution in [1.82, 2.24) is 0 Å². The predicted octanol–water partition coefficient (Wildman–Crippen LogP) is 8.72. The first-order valence-corrected chi connectivity index (χ1v) is 14.3. The SMILES string of the molecule is CCCCCC1CCC(C2CCC(C3=CCC(C)(c4ccc(CCC)c(F)c4F)C=N3)CO2)CC1. The molecular formula is C31H45F2NO. The predicted molar refractivity (Wildman–Crippen MR) is 141 cm³/mol. The number of unbranched alkanes of at least 4 members (excludes halogenated alkanes) is 2. The van der Waals surface area contributed by atoms with E-state index in [0.717, 1.165) is 43.4 Å². The topological polar surface area (TPSA) is 21.6 Å². The van der Waals surface area contributed by atoms with E-state index < -0.39 is 17.0 Å². The van der Waals surface area contributed by atoms with Gasteiger partial charge in [0.25, 0.3) is 0 Å². The Balaban J connectivity index is 1.28. The fourth-order valence-electron chi connectivity index (χ4n) is 6.49. The molecule has 3 unspecified atom stereocenters. The van der Waals surface area contributed by atoms with Crippen molar-refractivity contribution in [2.75, 3.05) is 6.61 Å². The van der Waals surface area contributed by atoms with E-state index in [-0.39, 0.29) is 0 Å². The quantitative estimate of drug-likeness (QED) is 0.321. The van der Waals surface area contributed by atoms with E-state index in [2.05, 4.69) is 13.0 Å². The van der Waals surface area contributed by atoms with Gasteiger partial charge in [0, 0.05) is 28.8 Å². The molecule has 35 heavy (non-hydrogen) atoms. The zero-order valence-electron chi connectivity index (χ0n) is 22.1. The third-order valence-electron chi connectivity index (χ3n) is 8.89. The van der Waals surface area contributed by atoms with E-state index in [0.29, 0.717) is 36.0 Å². The van der Waals surface area contributed by atoms with Gasteiger partial charge in [-0.05, 0) is 55.9 Å². The van der Waals surface area contributed by atoms with Gasteiger partial charge in [-0.3, -0.25) is 4.99 Å². The van der Waals surface area contributed by atoms with Crippen molar-refractivity contribution in [3.63, 3.8) is 0 Å². The second-order valence-electron chi connectivity index (χ2n) is 11.6. The molecule has 0 radical (unpaired) electrons. The van der Waals surface area contributed by atoms with Crippen LogP contribution in [0.25, 0.3) is 0 Å². The van der Waals surface area contributed by atoms with Crippen molar-refractivity contribution in [1.29, 1.82) is 0 Å². The maximum absolute atomic E-state index is 14.9. The maximum Gasteiger partial charge on any atom is 0.163 e. The number of aliphatic imine (C=N–C) groups is 1. The summed E-state index contributed by atoms with van der Waals surface area (Å²) in [7, 11) is 0. The molecule has 1 aromatic rings. The molecule has 4 rings (SSSR count). The van der Waals surface area contributed by atoms with E-state index in [9.17, 15) is 8.78 Å². The van der Waals surface area contributed by atoms with Crippen LogP contribution >= 0.6 is 0 Å². The maximum atomic E-state index is 14.9. The van der Waals surface area contributed by atoms with Gasteiger partial charge in [-0.2, -0.15) is 0 Å². The normalized spacial score (nSPS) is 31.4. The van der Waals surface area contributed by atoms with Gasteiger partial charge in [-0.25, -0.2) is 8.78 Å². The highest BCUT2D eigenvalue weighted by molar-refractivity contribution is 5.76. The number of aryl methyl sites for hydroxylation is 1. The highest BCUT2D eigenvalue weighted by Gasteiger charge is 2.35. The van der Waals surface area contributed by atoms with Crippen LogP contribution in [0.5, 0.6) is 0 Å². The van der Waals surface area contributed by atoms with Crippen LogP contribution in [-0.4, -0.2) is 18.9 Å². The van der Waals surface area contributed by atoms with Crippen molar-refractivity contribution in [3.8, 4) is 0 Å². The first kappa shape index (κ1) is 26.5. The molecule has 2 fully saturated rings. The summed E-state index contributed by atoms with van der Waals surface area (Å²) in [6, 6.07) is 3.49. The summed E-state index contributed by atoms with van der Waals surface area (Å²) >= 11 is 0. The van der Waals surface area contributed by atoms with Crippen LogP contribution in [-0.2, 0) is 16.6 Å². The van der Waals surface area contributed by atoms with E-state index in [1.165, 1.54) is 51.4 Å². The molecule has 2 nitrogen and oxygen atoms in total. The summed E-state index contributed by atoms with van der Waals surface area (Å²) in [5.74, 6) is 0.553. The number of rotatable bonds is 9. The number of allylic oxidation sites excluding steroid dienone is 1. The summed E-state index contributed by atoms with van der Waals surface area (Å²) < 4.78 is 35.9. The Bertz CT molecular complexity index is 893. The second kappa shape index (κ2) is 12.1. The lowest BCUT2D eigenvalue weighted by Gasteiger charge is -2.38.